The molecule has 0 aliphatic carbocycles. The van der Waals surface area contributed by atoms with Crippen molar-refractivity contribution in [1.29, 1.82) is 0 Å². The van der Waals surface area contributed by atoms with Gasteiger partial charge in [0.15, 0.2) is 45.4 Å². The fraction of sp³-hybridized carbons (Fsp3) is 0.200. The monoisotopic (exact) mass is 890 g/mol. The smallest absolute Gasteiger partial charge is 0.338 e. The van der Waals surface area contributed by atoms with Gasteiger partial charge in [0.1, 0.15) is 0 Å². The Morgan fingerprint density at radius 1 is 0.800 bits per heavy atom. The summed E-state index contributed by atoms with van der Waals surface area (Å²) in [5, 5.41) is 7.45. The number of rotatable bonds is 12. The third-order valence-electron chi connectivity index (χ3n) is 8.99. The number of halogens is 3. The lowest BCUT2D eigenvalue weighted by Crippen LogP contribution is -2.46. The summed E-state index contributed by atoms with van der Waals surface area (Å²) in [5.41, 5.74) is 3.24. The molecule has 4 unspecified atom stereocenters. The summed E-state index contributed by atoms with van der Waals surface area (Å²) in [6.45, 7) is 2.44. The molecule has 4 atom stereocenters. The Balaban J connectivity index is 1.26. The Bertz CT molecular complexity index is 2250. The predicted octanol–water partition coefficient (Wildman–Crippen LogP) is 7.47. The van der Waals surface area contributed by atoms with Crippen LogP contribution >= 0.6 is 45.8 Å². The number of hydrogen-bond donors (Lipinski definition) is 2. The molecule has 7 rings (SSSR count). The van der Waals surface area contributed by atoms with Crippen LogP contribution in [0, 0.1) is 3.83 Å². The van der Waals surface area contributed by atoms with E-state index in [2.05, 4.69) is 20.6 Å². The van der Waals surface area contributed by atoms with Crippen LogP contribution in [0.2, 0.25) is 10.0 Å². The topological polar surface area (TPSA) is 147 Å². The number of ether oxygens (including phenoxy) is 3. The Morgan fingerprint density at radius 3 is 1.89 bits per heavy atom. The Labute approximate surface area is 339 Å². The zero-order valence-corrected chi connectivity index (χ0v) is 32.8. The molecule has 0 radical (unpaired) electrons. The number of fused-ring (bicyclic) bond motifs is 1. The summed E-state index contributed by atoms with van der Waals surface area (Å²) in [5.74, 6) is -1.67. The summed E-state index contributed by atoms with van der Waals surface area (Å²) >= 11 is 14.5. The molecule has 3 heterocycles. The van der Waals surface area contributed by atoms with Crippen molar-refractivity contribution in [2.45, 2.75) is 37.4 Å². The first-order chi connectivity index (χ1) is 26.7. The van der Waals surface area contributed by atoms with Gasteiger partial charge in [-0.2, -0.15) is 0 Å². The number of hydrogen-bond acceptors (Lipinski definition) is 10. The van der Waals surface area contributed by atoms with E-state index in [1.165, 1.54) is 6.33 Å². The van der Waals surface area contributed by atoms with Crippen LogP contribution in [0.4, 0.5) is 5.82 Å². The van der Waals surface area contributed by atoms with E-state index in [0.29, 0.717) is 37.4 Å². The molecule has 12 nitrogen and oxygen atoms in total. The van der Waals surface area contributed by atoms with E-state index in [4.69, 9.17) is 42.4 Å². The summed E-state index contributed by atoms with van der Waals surface area (Å²) in [6.07, 6.45) is -3.75. The maximum Gasteiger partial charge on any atom is 0.338 e. The van der Waals surface area contributed by atoms with Gasteiger partial charge in [0.25, 0.3) is 5.91 Å². The molecule has 1 aliphatic rings. The lowest BCUT2D eigenvalue weighted by molar-refractivity contribution is -0.137. The lowest BCUT2D eigenvalue weighted by atomic mass is 9.91. The number of likely N-dealkylation sites (N-methyl/N-ethyl adjacent to an activating group) is 1. The minimum atomic E-state index is -1.36. The fourth-order valence-corrected chi connectivity index (χ4v) is 7.07. The SMILES string of the molecule is CCNC(=O)C1OC(n2cnc3c(NCC(c4ccc(Cl)cc4)c4ccc(Cl)cc4)nc(I)nc32)C(OC(=O)c2ccccc2)C1OC(=O)c1ccccc1. The highest BCUT2D eigenvalue weighted by Crippen LogP contribution is 2.38. The highest BCUT2D eigenvalue weighted by atomic mass is 127. The van der Waals surface area contributed by atoms with Gasteiger partial charge in [-0.15, -0.1) is 0 Å². The molecule has 0 saturated carbocycles. The summed E-state index contributed by atoms with van der Waals surface area (Å²) < 4.78 is 20.4. The first kappa shape index (κ1) is 38.2. The van der Waals surface area contributed by atoms with Crippen LogP contribution < -0.4 is 10.6 Å². The quantitative estimate of drug-likeness (QED) is 0.0721. The van der Waals surface area contributed by atoms with Gasteiger partial charge < -0.3 is 24.8 Å². The number of anilines is 1. The van der Waals surface area contributed by atoms with Crippen molar-refractivity contribution >= 4 is 80.6 Å². The molecule has 1 fully saturated rings. The van der Waals surface area contributed by atoms with Gasteiger partial charge in [-0.3, -0.25) is 9.36 Å². The van der Waals surface area contributed by atoms with E-state index in [9.17, 15) is 14.4 Å². The molecule has 2 aromatic heterocycles. The number of carbonyl (C=O) groups excluding carboxylic acids is 3. The lowest BCUT2D eigenvalue weighted by Gasteiger charge is -2.24. The maximum atomic E-state index is 13.6. The summed E-state index contributed by atoms with van der Waals surface area (Å²) in [7, 11) is 0. The van der Waals surface area contributed by atoms with Crippen molar-refractivity contribution < 1.29 is 28.6 Å². The number of aromatic nitrogens is 4. The van der Waals surface area contributed by atoms with E-state index < -0.39 is 42.4 Å². The van der Waals surface area contributed by atoms with Crippen LogP contribution in [0.3, 0.4) is 0 Å². The van der Waals surface area contributed by atoms with Crippen molar-refractivity contribution in [3.63, 3.8) is 0 Å². The van der Waals surface area contributed by atoms with Gasteiger partial charge >= 0.3 is 11.9 Å². The Hall–Kier alpha value is -5.09. The van der Waals surface area contributed by atoms with Crippen molar-refractivity contribution in [1.82, 2.24) is 24.8 Å². The highest BCUT2D eigenvalue weighted by molar-refractivity contribution is 14.1. The number of amides is 1. The van der Waals surface area contributed by atoms with Crippen molar-refractivity contribution in [2.24, 2.45) is 0 Å². The van der Waals surface area contributed by atoms with Gasteiger partial charge in [-0.25, -0.2) is 24.5 Å². The molecule has 1 amide bonds. The van der Waals surface area contributed by atoms with Crippen LogP contribution in [0.25, 0.3) is 11.2 Å². The number of carbonyl (C=O) groups is 3. The highest BCUT2D eigenvalue weighted by Gasteiger charge is 2.54. The molecule has 55 heavy (non-hydrogen) atoms. The molecule has 1 saturated heterocycles. The van der Waals surface area contributed by atoms with Crippen LogP contribution in [0.1, 0.15) is 50.9 Å². The molecule has 6 aromatic rings. The third-order valence-corrected chi connectivity index (χ3v) is 9.98. The van der Waals surface area contributed by atoms with E-state index in [0.717, 1.165) is 11.1 Å². The molecular formula is C40H33Cl2IN6O6. The molecule has 280 valence electrons. The maximum absolute atomic E-state index is 13.6. The third kappa shape index (κ3) is 8.59. The van der Waals surface area contributed by atoms with Crippen LogP contribution in [-0.2, 0) is 19.0 Å². The first-order valence-corrected chi connectivity index (χ1v) is 19.1. The van der Waals surface area contributed by atoms with Crippen molar-refractivity contribution in [3.8, 4) is 0 Å². The van der Waals surface area contributed by atoms with Gasteiger partial charge in [0.05, 0.1) is 17.5 Å². The summed E-state index contributed by atoms with van der Waals surface area (Å²) in [4.78, 5) is 54.7. The number of esters is 2. The Morgan fingerprint density at radius 2 is 1.35 bits per heavy atom. The molecule has 0 spiro atoms. The van der Waals surface area contributed by atoms with E-state index in [-0.39, 0.29) is 23.6 Å². The van der Waals surface area contributed by atoms with Gasteiger partial charge in [-0.1, -0.05) is 83.9 Å². The second-order valence-corrected chi connectivity index (χ2v) is 14.4. The average molecular weight is 892 g/mol. The first-order valence-electron chi connectivity index (χ1n) is 17.3. The number of imidazole rings is 1. The second-order valence-electron chi connectivity index (χ2n) is 12.5. The molecule has 15 heteroatoms. The summed E-state index contributed by atoms with van der Waals surface area (Å²) in [6, 6.07) is 31.9. The van der Waals surface area contributed by atoms with Crippen LogP contribution in [0.5, 0.6) is 0 Å². The second kappa shape index (κ2) is 17.1. The largest absolute Gasteiger partial charge is 0.451 e. The molecule has 0 bridgehead atoms. The minimum absolute atomic E-state index is 0.128. The average Bonchev–Trinajstić information content (AvgIpc) is 3.77. The standard InChI is InChI=1S/C40H33Cl2IN6O6/c1-2-44-36(50)32-31(54-38(51)25-9-5-3-6-10-25)33(55-39(52)26-11-7-4-8-12-26)37(53-32)49-22-46-30-34(47-40(43)48-35(30)49)45-21-29(23-13-17-27(41)18-14-23)24-15-19-28(42)20-16-24/h3-20,22,29,31-33,37H,2,21H2,1H3,(H,44,50)(H,45,47,48). The molecular weight excluding hydrogens is 858 g/mol. The van der Waals surface area contributed by atoms with Crippen LogP contribution in [0.15, 0.2) is 116 Å². The van der Waals surface area contributed by atoms with Crippen LogP contribution in [-0.4, -0.2) is 68.8 Å². The fourth-order valence-electron chi connectivity index (χ4n) is 6.35. The number of benzene rings is 4. The van der Waals surface area contributed by atoms with E-state index >= 15 is 0 Å². The Kier molecular flexibility index (Phi) is 11.9. The van der Waals surface area contributed by atoms with Gasteiger partial charge in [-0.05, 0) is 66.6 Å². The van der Waals surface area contributed by atoms with Gasteiger partial charge in [0, 0.05) is 51.6 Å². The number of nitrogens with zero attached hydrogens (tertiary/aromatic N) is 4. The van der Waals surface area contributed by atoms with Gasteiger partial charge in [0.2, 0.25) is 0 Å². The normalized spacial score (nSPS) is 17.9. The minimum Gasteiger partial charge on any atom is -0.451 e. The number of nitrogens with one attached hydrogen (secondary N) is 2. The predicted molar refractivity (Wildman–Crippen MR) is 215 cm³/mol. The van der Waals surface area contributed by atoms with E-state index in [1.54, 1.807) is 72.2 Å². The van der Waals surface area contributed by atoms with Crippen molar-refractivity contribution in [3.05, 3.63) is 152 Å². The van der Waals surface area contributed by atoms with E-state index in [1.807, 2.05) is 71.1 Å². The molecule has 1 aliphatic heterocycles. The molecule has 4 aromatic carbocycles. The molecule has 2 N–H and O–H groups in total. The van der Waals surface area contributed by atoms with Crippen molar-refractivity contribution in [2.75, 3.05) is 18.4 Å². The zero-order chi connectivity index (χ0) is 38.5. The zero-order valence-electron chi connectivity index (χ0n) is 29.1.